The Bertz CT molecular complexity index is 925. The van der Waals surface area contributed by atoms with Crippen molar-refractivity contribution < 1.29 is 9.59 Å². The van der Waals surface area contributed by atoms with Gasteiger partial charge in [-0.3, -0.25) is 9.59 Å². The first-order valence-corrected chi connectivity index (χ1v) is 9.33. The first-order chi connectivity index (χ1) is 12.5. The lowest BCUT2D eigenvalue weighted by atomic mass is 10.00. The van der Waals surface area contributed by atoms with Crippen LogP contribution in [0.15, 0.2) is 64.8 Å². The van der Waals surface area contributed by atoms with Crippen LogP contribution in [0.4, 0.5) is 0 Å². The maximum atomic E-state index is 13.2. The van der Waals surface area contributed by atoms with Gasteiger partial charge in [-0.1, -0.05) is 64.5 Å². The molecule has 2 aromatic rings. The largest absolute Gasteiger partial charge is 0.325 e. The highest BCUT2D eigenvalue weighted by Gasteiger charge is 2.68. The predicted molar refractivity (Wildman–Crippen MR) is 104 cm³/mol. The summed E-state index contributed by atoms with van der Waals surface area (Å²) in [4.78, 5) is 29.4. The highest BCUT2D eigenvalue weighted by atomic mass is 79.9. The molecule has 0 bridgehead atoms. The van der Waals surface area contributed by atoms with Crippen LogP contribution in [0, 0.1) is 0 Å². The minimum Gasteiger partial charge on any atom is -0.325 e. The number of carbonyl (C=O) groups is 2. The minimum absolute atomic E-state index is 0.0215. The molecule has 1 saturated heterocycles. The van der Waals surface area contributed by atoms with Gasteiger partial charge in [-0.2, -0.15) is 0 Å². The van der Waals surface area contributed by atoms with Crippen molar-refractivity contribution in [1.82, 2.24) is 9.80 Å². The Balaban J connectivity index is 1.71. The van der Waals surface area contributed by atoms with Crippen LogP contribution in [0.5, 0.6) is 0 Å². The zero-order chi connectivity index (χ0) is 18.5. The van der Waals surface area contributed by atoms with Crippen LogP contribution < -0.4 is 0 Å². The third kappa shape index (κ3) is 2.42. The van der Waals surface area contributed by atoms with Gasteiger partial charge < -0.3 is 9.80 Å². The summed E-state index contributed by atoms with van der Waals surface area (Å²) in [5.74, 6) is -0.0920. The van der Waals surface area contributed by atoms with Gasteiger partial charge in [0.25, 0.3) is 11.8 Å². The van der Waals surface area contributed by atoms with Crippen LogP contribution in [0.1, 0.15) is 23.5 Å². The quantitative estimate of drug-likeness (QED) is 0.708. The highest BCUT2D eigenvalue weighted by molar-refractivity contribution is 9.10. The van der Waals surface area contributed by atoms with Crippen LogP contribution in [0.3, 0.4) is 0 Å². The van der Waals surface area contributed by atoms with Crippen molar-refractivity contribution in [3.63, 3.8) is 0 Å². The van der Waals surface area contributed by atoms with Crippen molar-refractivity contribution in [3.8, 4) is 0 Å². The molecule has 4 nitrogen and oxygen atoms in total. The molecule has 2 aromatic carbocycles. The van der Waals surface area contributed by atoms with Crippen LogP contribution in [0.25, 0.3) is 6.08 Å². The summed E-state index contributed by atoms with van der Waals surface area (Å²) in [6, 6.07) is 17.6. The fourth-order valence-corrected chi connectivity index (χ4v) is 4.28. The molecule has 26 heavy (non-hydrogen) atoms. The molecule has 2 unspecified atom stereocenters. The molecular weight excluding hydrogens is 392 g/mol. The Morgan fingerprint density at radius 2 is 1.69 bits per heavy atom. The third-order valence-electron chi connectivity index (χ3n) is 5.49. The number of likely N-dealkylation sites (N-methyl/N-ethyl adjacent to an activating group) is 2. The lowest BCUT2D eigenvalue weighted by Gasteiger charge is -2.39. The van der Waals surface area contributed by atoms with Crippen LogP contribution in [-0.2, 0) is 9.59 Å². The Hall–Kier alpha value is -2.40. The minimum atomic E-state index is -0.752. The van der Waals surface area contributed by atoms with Gasteiger partial charge in [0, 0.05) is 24.5 Å². The SMILES string of the molecule is CN1C(=O)C2(CC2c2ccccc2)N(C)C(=O)/C1=C/c1ccccc1Br. The Morgan fingerprint density at radius 3 is 2.38 bits per heavy atom. The van der Waals surface area contributed by atoms with Gasteiger partial charge in [-0.05, 0) is 29.7 Å². The first-order valence-electron chi connectivity index (χ1n) is 8.54. The number of piperazine rings is 1. The van der Waals surface area contributed by atoms with Gasteiger partial charge in [0.1, 0.15) is 11.2 Å². The summed E-state index contributed by atoms with van der Waals surface area (Å²) < 4.78 is 0.887. The summed E-state index contributed by atoms with van der Waals surface area (Å²) in [6.45, 7) is 0. The molecule has 2 amide bonds. The molecule has 1 aliphatic heterocycles. The lowest BCUT2D eigenvalue weighted by Crippen LogP contribution is -2.58. The lowest BCUT2D eigenvalue weighted by molar-refractivity contribution is -0.150. The average Bonchev–Trinajstić information content (AvgIpc) is 3.41. The van der Waals surface area contributed by atoms with E-state index >= 15 is 0 Å². The predicted octanol–water partition coefficient (Wildman–Crippen LogP) is 3.65. The van der Waals surface area contributed by atoms with Gasteiger partial charge in [0.2, 0.25) is 0 Å². The molecule has 0 radical (unpaired) electrons. The van der Waals surface area contributed by atoms with Crippen molar-refractivity contribution in [3.05, 3.63) is 75.9 Å². The molecule has 1 aliphatic carbocycles. The van der Waals surface area contributed by atoms with E-state index in [9.17, 15) is 9.59 Å². The standard InChI is InChI=1S/C21H19BrN2O2/c1-23-18(12-15-10-6-7-11-17(15)22)19(25)24(2)21(20(23)26)13-16(21)14-8-4-3-5-9-14/h3-12,16H,13H2,1-2H3/b18-12-. The molecule has 2 fully saturated rings. The topological polar surface area (TPSA) is 40.6 Å². The van der Waals surface area contributed by atoms with E-state index in [1.165, 1.54) is 4.90 Å². The van der Waals surface area contributed by atoms with E-state index in [0.29, 0.717) is 12.1 Å². The molecule has 2 atom stereocenters. The van der Waals surface area contributed by atoms with Gasteiger partial charge in [0.15, 0.2) is 0 Å². The van der Waals surface area contributed by atoms with E-state index in [4.69, 9.17) is 0 Å². The number of halogens is 1. The average molecular weight is 411 g/mol. The fraction of sp³-hybridized carbons (Fsp3) is 0.238. The fourth-order valence-electron chi connectivity index (χ4n) is 3.88. The number of carbonyl (C=O) groups excluding carboxylic acids is 2. The van der Waals surface area contributed by atoms with Gasteiger partial charge in [-0.15, -0.1) is 0 Å². The second-order valence-corrected chi connectivity index (χ2v) is 7.73. The summed E-state index contributed by atoms with van der Waals surface area (Å²) in [5, 5.41) is 0. The smallest absolute Gasteiger partial charge is 0.271 e. The molecule has 0 N–H and O–H groups in total. The molecule has 2 aliphatic rings. The maximum Gasteiger partial charge on any atom is 0.271 e. The van der Waals surface area contributed by atoms with Crippen molar-refractivity contribution in [1.29, 1.82) is 0 Å². The molecular formula is C21H19BrN2O2. The van der Waals surface area contributed by atoms with Crippen LogP contribution >= 0.6 is 15.9 Å². The second-order valence-electron chi connectivity index (χ2n) is 6.87. The summed E-state index contributed by atoms with van der Waals surface area (Å²) in [6.07, 6.45) is 2.44. The van der Waals surface area contributed by atoms with Gasteiger partial charge in [-0.25, -0.2) is 0 Å². The van der Waals surface area contributed by atoms with Crippen LogP contribution in [-0.4, -0.2) is 41.2 Å². The Morgan fingerprint density at radius 1 is 1.04 bits per heavy atom. The number of benzene rings is 2. The van der Waals surface area contributed by atoms with E-state index in [1.807, 2.05) is 54.6 Å². The maximum absolute atomic E-state index is 13.2. The number of rotatable bonds is 2. The molecule has 4 rings (SSSR count). The summed E-state index contributed by atoms with van der Waals surface area (Å²) in [5.41, 5.74) is 1.62. The Kier molecular flexibility index (Phi) is 3.99. The third-order valence-corrected chi connectivity index (χ3v) is 6.21. The van der Waals surface area contributed by atoms with Gasteiger partial charge >= 0.3 is 0 Å². The van der Waals surface area contributed by atoms with Crippen molar-refractivity contribution in [2.24, 2.45) is 0 Å². The van der Waals surface area contributed by atoms with E-state index in [2.05, 4.69) is 15.9 Å². The second kappa shape index (κ2) is 6.09. The van der Waals surface area contributed by atoms with E-state index < -0.39 is 5.54 Å². The van der Waals surface area contributed by atoms with Gasteiger partial charge in [0.05, 0.1) is 0 Å². The number of hydrogen-bond acceptors (Lipinski definition) is 2. The molecule has 1 saturated carbocycles. The normalized spacial score (nSPS) is 26.7. The monoisotopic (exact) mass is 410 g/mol. The first kappa shape index (κ1) is 17.0. The van der Waals surface area contributed by atoms with E-state index in [1.54, 1.807) is 25.1 Å². The molecule has 5 heteroatoms. The molecule has 0 aromatic heterocycles. The molecule has 1 spiro atoms. The summed E-state index contributed by atoms with van der Waals surface area (Å²) in [7, 11) is 3.43. The van der Waals surface area contributed by atoms with Crippen LogP contribution in [0.2, 0.25) is 0 Å². The van der Waals surface area contributed by atoms with E-state index in [0.717, 1.165) is 15.6 Å². The Labute approximate surface area is 161 Å². The molecule has 1 heterocycles. The zero-order valence-electron chi connectivity index (χ0n) is 14.6. The number of nitrogens with zero attached hydrogens (tertiary/aromatic N) is 2. The molecule has 132 valence electrons. The highest BCUT2D eigenvalue weighted by Crippen LogP contribution is 2.58. The zero-order valence-corrected chi connectivity index (χ0v) is 16.2. The number of amides is 2. The van der Waals surface area contributed by atoms with Crippen molar-refractivity contribution in [2.75, 3.05) is 14.1 Å². The number of hydrogen-bond donors (Lipinski definition) is 0. The summed E-state index contributed by atoms with van der Waals surface area (Å²) >= 11 is 3.50. The van der Waals surface area contributed by atoms with E-state index in [-0.39, 0.29) is 17.7 Å². The van der Waals surface area contributed by atoms with Crippen molar-refractivity contribution >= 4 is 33.8 Å². The van der Waals surface area contributed by atoms with Crippen molar-refractivity contribution in [2.45, 2.75) is 17.9 Å².